The van der Waals surface area contributed by atoms with Crippen molar-refractivity contribution in [3.8, 4) is 11.3 Å². The summed E-state index contributed by atoms with van der Waals surface area (Å²) in [5.41, 5.74) is 12.1. The molecule has 5 heterocycles. The van der Waals surface area contributed by atoms with Gasteiger partial charge in [0.25, 0.3) is 0 Å². The van der Waals surface area contributed by atoms with E-state index in [0.717, 1.165) is 51.0 Å². The van der Waals surface area contributed by atoms with Gasteiger partial charge in [0.05, 0.1) is 29.5 Å². The summed E-state index contributed by atoms with van der Waals surface area (Å²) < 4.78 is 1.75. The molecule has 0 unspecified atom stereocenters. The van der Waals surface area contributed by atoms with Crippen LogP contribution in [-0.4, -0.2) is 48.9 Å². The van der Waals surface area contributed by atoms with Gasteiger partial charge in [-0.05, 0) is 48.4 Å². The molecule has 10 nitrogen and oxygen atoms in total. The predicted molar refractivity (Wildman–Crippen MR) is 139 cm³/mol. The Labute approximate surface area is 207 Å². The average Bonchev–Trinajstić information content (AvgIpc) is 3.54. The van der Waals surface area contributed by atoms with E-state index in [4.69, 9.17) is 10.7 Å². The molecule has 3 N–H and O–H groups in total. The number of amides is 1. The Morgan fingerprint density at radius 1 is 1.19 bits per heavy atom. The van der Waals surface area contributed by atoms with Crippen LogP contribution in [0.2, 0.25) is 0 Å². The van der Waals surface area contributed by atoms with Crippen molar-refractivity contribution in [2.45, 2.75) is 19.3 Å². The summed E-state index contributed by atoms with van der Waals surface area (Å²) in [6.45, 7) is 6.01. The van der Waals surface area contributed by atoms with Gasteiger partial charge in [-0.25, -0.2) is 9.97 Å². The Morgan fingerprint density at radius 2 is 2.03 bits per heavy atom. The standard InChI is InChI=1S/C26H25N9O/c1-13-18(5-16-9-30-35(4)14(2)24(16)31-13)22-6-15-7-23(28-11-21(15)25(27)32-22)33-26(36)20-8-19(20)17-10-29-34(3)12-17/h5-7,9-12,19-20H,2,8H2,1,3-4H3,(H2,27,32)(H,28,33,36)/t19-,20+/m0/s1. The van der Waals surface area contributed by atoms with E-state index >= 15 is 0 Å². The molecule has 180 valence electrons. The molecule has 1 fully saturated rings. The SMILES string of the molecule is C=C1c2nc(C)c(-c3cc4cc(NC(=O)[C@@H]5C[C@H]5c5cnn(C)c5)ncc4c(N)n3)cc2C=NN1C. The number of nitrogen functional groups attached to an aromatic ring is 1. The van der Waals surface area contributed by atoms with Crippen LogP contribution in [0, 0.1) is 12.8 Å². The van der Waals surface area contributed by atoms with E-state index in [9.17, 15) is 4.79 Å². The molecule has 1 aliphatic carbocycles. The molecule has 36 heavy (non-hydrogen) atoms. The third-order valence-corrected chi connectivity index (χ3v) is 6.83. The molecule has 0 spiro atoms. The van der Waals surface area contributed by atoms with Crippen LogP contribution in [0.1, 0.15) is 34.9 Å². The van der Waals surface area contributed by atoms with Gasteiger partial charge >= 0.3 is 0 Å². The molecule has 1 amide bonds. The molecular formula is C26H25N9O. The Balaban J connectivity index is 1.30. The second kappa shape index (κ2) is 7.98. The molecule has 4 aromatic rings. The number of hydrazone groups is 1. The molecule has 2 atom stereocenters. The molecule has 2 aliphatic rings. The number of aryl methyl sites for hydroxylation is 2. The number of fused-ring (bicyclic) bond motifs is 2. The average molecular weight is 480 g/mol. The number of aromatic nitrogens is 5. The minimum atomic E-state index is -0.0792. The monoisotopic (exact) mass is 479 g/mol. The van der Waals surface area contributed by atoms with E-state index in [1.165, 1.54) is 0 Å². The number of anilines is 2. The zero-order chi connectivity index (χ0) is 25.1. The summed E-state index contributed by atoms with van der Waals surface area (Å²) >= 11 is 0. The minimum absolute atomic E-state index is 0.0443. The molecule has 0 bridgehead atoms. The third-order valence-electron chi connectivity index (χ3n) is 6.83. The van der Waals surface area contributed by atoms with Crippen LogP contribution in [-0.2, 0) is 11.8 Å². The van der Waals surface area contributed by atoms with Crippen molar-refractivity contribution in [3.05, 3.63) is 65.9 Å². The van der Waals surface area contributed by atoms with Gasteiger partial charge in [-0.1, -0.05) is 6.58 Å². The molecule has 10 heteroatoms. The lowest BCUT2D eigenvalue weighted by atomic mass is 10.0. The number of carbonyl (C=O) groups excluding carboxylic acids is 1. The Morgan fingerprint density at radius 3 is 2.81 bits per heavy atom. The number of carbonyl (C=O) groups is 1. The van der Waals surface area contributed by atoms with Gasteiger partial charge in [0, 0.05) is 54.6 Å². The van der Waals surface area contributed by atoms with E-state index in [2.05, 4.69) is 32.1 Å². The second-order valence-electron chi connectivity index (χ2n) is 9.34. The molecule has 6 rings (SSSR count). The van der Waals surface area contributed by atoms with E-state index in [1.807, 2.05) is 51.6 Å². The fourth-order valence-corrected chi connectivity index (χ4v) is 4.67. The van der Waals surface area contributed by atoms with E-state index in [1.54, 1.807) is 22.1 Å². The maximum Gasteiger partial charge on any atom is 0.229 e. The number of hydrogen-bond donors (Lipinski definition) is 2. The topological polar surface area (TPSA) is 127 Å². The fourth-order valence-electron chi connectivity index (χ4n) is 4.67. The summed E-state index contributed by atoms with van der Waals surface area (Å²) in [7, 11) is 3.71. The van der Waals surface area contributed by atoms with Gasteiger partial charge in [-0.3, -0.25) is 19.5 Å². The van der Waals surface area contributed by atoms with Gasteiger partial charge < -0.3 is 11.1 Å². The highest BCUT2D eigenvalue weighted by atomic mass is 16.2. The van der Waals surface area contributed by atoms with E-state index in [0.29, 0.717) is 17.3 Å². The smallest absolute Gasteiger partial charge is 0.229 e. The third kappa shape index (κ3) is 3.67. The quantitative estimate of drug-likeness (QED) is 0.460. The lowest BCUT2D eigenvalue weighted by molar-refractivity contribution is -0.117. The van der Waals surface area contributed by atoms with Crippen molar-refractivity contribution in [1.29, 1.82) is 0 Å². The van der Waals surface area contributed by atoms with E-state index in [-0.39, 0.29) is 17.7 Å². The van der Waals surface area contributed by atoms with Crippen molar-refractivity contribution < 1.29 is 4.79 Å². The predicted octanol–water partition coefficient (Wildman–Crippen LogP) is 3.31. The first-order valence-electron chi connectivity index (χ1n) is 11.6. The van der Waals surface area contributed by atoms with E-state index < -0.39 is 0 Å². The van der Waals surface area contributed by atoms with Crippen molar-refractivity contribution >= 4 is 40.2 Å². The fraction of sp³-hybridized carbons (Fsp3) is 0.231. The lowest BCUT2D eigenvalue weighted by Crippen LogP contribution is -2.17. The van der Waals surface area contributed by atoms with Crippen LogP contribution < -0.4 is 11.1 Å². The molecule has 0 aromatic carbocycles. The van der Waals surface area contributed by atoms with Gasteiger partial charge in [0.2, 0.25) is 5.91 Å². The zero-order valence-corrected chi connectivity index (χ0v) is 20.2. The summed E-state index contributed by atoms with van der Waals surface area (Å²) in [6.07, 6.45) is 8.00. The molecule has 0 radical (unpaired) electrons. The Kier molecular flexibility index (Phi) is 4.85. The number of nitrogens with two attached hydrogens (primary N) is 1. The summed E-state index contributed by atoms with van der Waals surface area (Å²) in [6, 6.07) is 5.77. The highest BCUT2D eigenvalue weighted by Crippen LogP contribution is 2.47. The lowest BCUT2D eigenvalue weighted by Gasteiger charge is -2.22. The van der Waals surface area contributed by atoms with Crippen LogP contribution in [0.25, 0.3) is 27.7 Å². The van der Waals surface area contributed by atoms with Gasteiger partial charge in [0.1, 0.15) is 11.6 Å². The number of nitrogens with zero attached hydrogens (tertiary/aromatic N) is 7. The normalized spacial score (nSPS) is 18.4. The highest BCUT2D eigenvalue weighted by Gasteiger charge is 2.44. The number of nitrogens with one attached hydrogen (secondary N) is 1. The highest BCUT2D eigenvalue weighted by molar-refractivity contribution is 5.99. The second-order valence-corrected chi connectivity index (χ2v) is 9.34. The van der Waals surface area contributed by atoms with Crippen LogP contribution in [0.3, 0.4) is 0 Å². The summed E-state index contributed by atoms with van der Waals surface area (Å²) in [5, 5.41) is 14.8. The summed E-state index contributed by atoms with van der Waals surface area (Å²) in [5.74, 6) is 0.917. The van der Waals surface area contributed by atoms with Crippen LogP contribution >= 0.6 is 0 Å². The molecule has 0 saturated heterocycles. The van der Waals surface area contributed by atoms with Gasteiger partial charge in [0.15, 0.2) is 0 Å². The van der Waals surface area contributed by atoms with Gasteiger partial charge in [-0.15, -0.1) is 0 Å². The Bertz CT molecular complexity index is 1600. The van der Waals surface area contributed by atoms with Crippen LogP contribution in [0.5, 0.6) is 0 Å². The largest absolute Gasteiger partial charge is 0.383 e. The summed E-state index contributed by atoms with van der Waals surface area (Å²) in [4.78, 5) is 26.6. The number of hydrogen-bond acceptors (Lipinski definition) is 8. The first-order valence-corrected chi connectivity index (χ1v) is 11.6. The number of rotatable bonds is 4. The Hall–Kier alpha value is -4.60. The van der Waals surface area contributed by atoms with Crippen LogP contribution in [0.4, 0.5) is 11.6 Å². The minimum Gasteiger partial charge on any atom is -0.383 e. The first kappa shape index (κ1) is 21.9. The zero-order valence-electron chi connectivity index (χ0n) is 20.2. The van der Waals surface area contributed by atoms with Crippen molar-refractivity contribution in [2.75, 3.05) is 18.1 Å². The van der Waals surface area contributed by atoms with Crippen molar-refractivity contribution in [3.63, 3.8) is 0 Å². The first-order chi connectivity index (χ1) is 17.3. The van der Waals surface area contributed by atoms with Crippen molar-refractivity contribution in [1.82, 2.24) is 29.7 Å². The van der Waals surface area contributed by atoms with Crippen molar-refractivity contribution in [2.24, 2.45) is 18.1 Å². The van der Waals surface area contributed by atoms with Crippen LogP contribution in [0.15, 0.2) is 48.5 Å². The maximum atomic E-state index is 12.8. The van der Waals surface area contributed by atoms with Gasteiger partial charge in [-0.2, -0.15) is 10.2 Å². The maximum absolute atomic E-state index is 12.8. The number of pyridine rings is 3. The molecular weight excluding hydrogens is 454 g/mol. The molecule has 1 aliphatic heterocycles. The molecule has 4 aromatic heterocycles. The molecule has 1 saturated carbocycles.